The molecule has 0 radical (unpaired) electrons. The molecule has 0 N–H and O–H groups in total. The minimum atomic E-state index is 0.576. The summed E-state index contributed by atoms with van der Waals surface area (Å²) in [5.74, 6) is 1.71. The number of hydrogen-bond donors (Lipinski definition) is 0. The predicted molar refractivity (Wildman–Crippen MR) is 88.8 cm³/mol. The van der Waals surface area contributed by atoms with E-state index in [1.165, 1.54) is 5.52 Å². The number of para-hydroxylation sites is 2. The maximum absolute atomic E-state index is 6.32. The van der Waals surface area contributed by atoms with Gasteiger partial charge in [0.15, 0.2) is 0 Å². The molecule has 1 heterocycles. The molecule has 0 aliphatic heterocycles. The lowest BCUT2D eigenvalue weighted by Gasteiger charge is -2.12. The molecule has 0 spiro atoms. The van der Waals surface area contributed by atoms with Gasteiger partial charge in [-0.2, -0.15) is 0 Å². The summed E-state index contributed by atoms with van der Waals surface area (Å²) >= 11 is 6.32. The fourth-order valence-corrected chi connectivity index (χ4v) is 2.82. The Hall–Kier alpha value is -1.80. The second kappa shape index (κ2) is 5.90. The second-order valence-corrected chi connectivity index (χ2v) is 6.20. The number of imidazole rings is 1. The van der Waals surface area contributed by atoms with E-state index in [0.717, 1.165) is 34.9 Å². The number of hydrogen-bond acceptors (Lipinski definition) is 1. The molecule has 1 aromatic heterocycles. The zero-order valence-corrected chi connectivity index (χ0v) is 13.1. The first-order valence-electron chi connectivity index (χ1n) is 7.32. The van der Waals surface area contributed by atoms with Gasteiger partial charge in [-0.15, -0.1) is 0 Å². The molecule has 0 saturated carbocycles. The fraction of sp³-hybridized carbons (Fsp3) is 0.278. The highest BCUT2D eigenvalue weighted by molar-refractivity contribution is 6.31. The summed E-state index contributed by atoms with van der Waals surface area (Å²) in [6.45, 7) is 5.21. The fourth-order valence-electron chi connectivity index (χ4n) is 2.62. The van der Waals surface area contributed by atoms with E-state index in [1.54, 1.807) is 0 Å². The molecular formula is C18H19ClN2. The second-order valence-electron chi connectivity index (χ2n) is 5.79. The first-order valence-corrected chi connectivity index (χ1v) is 7.70. The molecule has 3 aromatic rings. The quantitative estimate of drug-likeness (QED) is 0.667. The van der Waals surface area contributed by atoms with Crippen molar-refractivity contribution in [2.45, 2.75) is 26.8 Å². The van der Waals surface area contributed by atoms with Crippen LogP contribution in [0.1, 0.15) is 25.2 Å². The first-order chi connectivity index (χ1) is 10.1. The van der Waals surface area contributed by atoms with Gasteiger partial charge < -0.3 is 4.57 Å². The molecule has 21 heavy (non-hydrogen) atoms. The van der Waals surface area contributed by atoms with E-state index in [-0.39, 0.29) is 0 Å². The highest BCUT2D eigenvalue weighted by Crippen LogP contribution is 2.23. The summed E-state index contributed by atoms with van der Waals surface area (Å²) in [5, 5.41) is 0.811. The minimum Gasteiger partial charge on any atom is -0.323 e. The van der Waals surface area contributed by atoms with Crippen LogP contribution in [0.3, 0.4) is 0 Å². The van der Waals surface area contributed by atoms with E-state index in [2.05, 4.69) is 42.7 Å². The van der Waals surface area contributed by atoms with Gasteiger partial charge in [0, 0.05) is 11.4 Å². The number of rotatable bonds is 4. The van der Waals surface area contributed by atoms with Gasteiger partial charge in [0.1, 0.15) is 5.82 Å². The van der Waals surface area contributed by atoms with E-state index in [4.69, 9.17) is 16.6 Å². The van der Waals surface area contributed by atoms with Crippen molar-refractivity contribution < 1.29 is 0 Å². The summed E-state index contributed by atoms with van der Waals surface area (Å²) in [4.78, 5) is 4.80. The maximum Gasteiger partial charge on any atom is 0.110 e. The lowest BCUT2D eigenvalue weighted by molar-refractivity contribution is 0.595. The Morgan fingerprint density at radius 3 is 2.52 bits per heavy atom. The van der Waals surface area contributed by atoms with Gasteiger partial charge in [-0.1, -0.05) is 55.8 Å². The van der Waals surface area contributed by atoms with E-state index in [9.17, 15) is 0 Å². The Morgan fingerprint density at radius 1 is 1.05 bits per heavy atom. The van der Waals surface area contributed by atoms with Gasteiger partial charge in [0.25, 0.3) is 0 Å². The topological polar surface area (TPSA) is 17.8 Å². The average molecular weight is 299 g/mol. The van der Waals surface area contributed by atoms with Crippen LogP contribution in [0, 0.1) is 5.92 Å². The van der Waals surface area contributed by atoms with Crippen molar-refractivity contribution in [1.82, 2.24) is 9.55 Å². The summed E-state index contributed by atoms with van der Waals surface area (Å²) in [7, 11) is 0. The molecule has 3 heteroatoms. The zero-order valence-electron chi connectivity index (χ0n) is 12.4. The van der Waals surface area contributed by atoms with Crippen molar-refractivity contribution in [2.24, 2.45) is 5.92 Å². The van der Waals surface area contributed by atoms with E-state index < -0.39 is 0 Å². The molecule has 0 saturated heterocycles. The number of benzene rings is 2. The normalized spacial score (nSPS) is 11.4. The Kier molecular flexibility index (Phi) is 3.98. The first kappa shape index (κ1) is 14.2. The van der Waals surface area contributed by atoms with Crippen LogP contribution in [0.5, 0.6) is 0 Å². The van der Waals surface area contributed by atoms with Crippen LogP contribution in [0.2, 0.25) is 5.02 Å². The SMILES string of the molecule is CC(C)Cc1nc2ccccc2n1Cc1ccccc1Cl. The number of halogens is 1. The zero-order chi connectivity index (χ0) is 14.8. The molecule has 0 fully saturated rings. The third-order valence-electron chi connectivity index (χ3n) is 3.61. The molecule has 0 bridgehead atoms. The van der Waals surface area contributed by atoms with E-state index >= 15 is 0 Å². The molecular weight excluding hydrogens is 280 g/mol. The van der Waals surface area contributed by atoms with Gasteiger partial charge >= 0.3 is 0 Å². The molecule has 2 nitrogen and oxygen atoms in total. The lowest BCUT2D eigenvalue weighted by Crippen LogP contribution is -2.08. The number of fused-ring (bicyclic) bond motifs is 1. The Morgan fingerprint density at radius 2 is 1.76 bits per heavy atom. The van der Waals surface area contributed by atoms with Crippen LogP contribution in [0.4, 0.5) is 0 Å². The van der Waals surface area contributed by atoms with Crippen molar-refractivity contribution in [3.05, 3.63) is 64.9 Å². The molecule has 2 aromatic carbocycles. The van der Waals surface area contributed by atoms with Crippen molar-refractivity contribution in [2.75, 3.05) is 0 Å². The molecule has 0 aliphatic rings. The standard InChI is InChI=1S/C18H19ClN2/c1-13(2)11-18-20-16-9-5-6-10-17(16)21(18)12-14-7-3-4-8-15(14)19/h3-10,13H,11-12H2,1-2H3. The van der Waals surface area contributed by atoms with Crippen LogP contribution in [-0.2, 0) is 13.0 Å². The average Bonchev–Trinajstić information content (AvgIpc) is 2.78. The van der Waals surface area contributed by atoms with Crippen LogP contribution < -0.4 is 0 Å². The Bertz CT molecular complexity index is 759. The smallest absolute Gasteiger partial charge is 0.110 e. The van der Waals surface area contributed by atoms with Crippen LogP contribution in [0.25, 0.3) is 11.0 Å². The molecule has 0 aliphatic carbocycles. The third kappa shape index (κ3) is 2.96. The van der Waals surface area contributed by atoms with Crippen LogP contribution >= 0.6 is 11.6 Å². The van der Waals surface area contributed by atoms with Crippen molar-refractivity contribution in [1.29, 1.82) is 0 Å². The Labute approximate surface area is 130 Å². The summed E-state index contributed by atoms with van der Waals surface area (Å²) in [6.07, 6.45) is 0.971. The molecule has 3 rings (SSSR count). The van der Waals surface area contributed by atoms with Gasteiger partial charge in [-0.05, 0) is 29.7 Å². The van der Waals surface area contributed by atoms with Crippen molar-refractivity contribution >= 4 is 22.6 Å². The van der Waals surface area contributed by atoms with E-state index in [0.29, 0.717) is 5.92 Å². The van der Waals surface area contributed by atoms with E-state index in [1.807, 2.05) is 24.3 Å². The molecule has 108 valence electrons. The lowest BCUT2D eigenvalue weighted by atomic mass is 10.1. The van der Waals surface area contributed by atoms with Gasteiger partial charge in [0.05, 0.1) is 17.6 Å². The van der Waals surface area contributed by atoms with Gasteiger partial charge in [-0.25, -0.2) is 4.98 Å². The molecule has 0 unspecified atom stereocenters. The Balaban J connectivity index is 2.09. The number of aromatic nitrogens is 2. The monoisotopic (exact) mass is 298 g/mol. The molecule has 0 amide bonds. The van der Waals surface area contributed by atoms with Gasteiger partial charge in [0.2, 0.25) is 0 Å². The molecule has 0 atom stereocenters. The largest absolute Gasteiger partial charge is 0.323 e. The van der Waals surface area contributed by atoms with Gasteiger partial charge in [-0.3, -0.25) is 0 Å². The van der Waals surface area contributed by atoms with Crippen molar-refractivity contribution in [3.63, 3.8) is 0 Å². The highest BCUT2D eigenvalue weighted by atomic mass is 35.5. The van der Waals surface area contributed by atoms with Crippen molar-refractivity contribution in [3.8, 4) is 0 Å². The maximum atomic E-state index is 6.32. The summed E-state index contributed by atoms with van der Waals surface area (Å²) in [6, 6.07) is 16.3. The summed E-state index contributed by atoms with van der Waals surface area (Å²) in [5.41, 5.74) is 3.36. The van der Waals surface area contributed by atoms with Crippen LogP contribution in [0.15, 0.2) is 48.5 Å². The third-order valence-corrected chi connectivity index (χ3v) is 3.98. The van der Waals surface area contributed by atoms with Crippen LogP contribution in [-0.4, -0.2) is 9.55 Å². The number of nitrogens with zero attached hydrogens (tertiary/aromatic N) is 2. The highest BCUT2D eigenvalue weighted by Gasteiger charge is 2.13. The minimum absolute atomic E-state index is 0.576. The summed E-state index contributed by atoms with van der Waals surface area (Å²) < 4.78 is 2.29. The predicted octanol–water partition coefficient (Wildman–Crippen LogP) is 4.94.